The smallest absolute Gasteiger partial charge is 0.00988 e. The third-order valence-corrected chi connectivity index (χ3v) is 7.02. The SMILES string of the molecule is CP1CC(C)(C)C1(C)C. The summed E-state index contributed by atoms with van der Waals surface area (Å²) in [5, 5.41) is 0.641. The lowest BCUT2D eigenvalue weighted by atomic mass is 9.81. The Morgan fingerprint density at radius 3 is 1.56 bits per heavy atom. The van der Waals surface area contributed by atoms with Gasteiger partial charge in [0.25, 0.3) is 0 Å². The van der Waals surface area contributed by atoms with Crippen LogP contribution in [-0.2, 0) is 0 Å². The molecule has 1 heteroatoms. The van der Waals surface area contributed by atoms with Crippen LogP contribution in [0.25, 0.3) is 0 Å². The van der Waals surface area contributed by atoms with Crippen LogP contribution in [0.15, 0.2) is 0 Å². The molecule has 0 radical (unpaired) electrons. The van der Waals surface area contributed by atoms with Gasteiger partial charge in [-0.3, -0.25) is 0 Å². The Morgan fingerprint density at radius 1 is 1.11 bits per heavy atom. The fourth-order valence-corrected chi connectivity index (χ4v) is 4.23. The summed E-state index contributed by atoms with van der Waals surface area (Å²) >= 11 is 0. The largest absolute Gasteiger partial charge is 0.103 e. The van der Waals surface area contributed by atoms with Crippen molar-refractivity contribution in [1.82, 2.24) is 0 Å². The third-order valence-electron chi connectivity index (χ3n) is 3.24. The normalized spacial score (nSPS) is 37.7. The minimum atomic E-state index is 0.351. The highest BCUT2D eigenvalue weighted by molar-refractivity contribution is 7.60. The second-order valence-corrected chi connectivity index (χ2v) is 7.13. The fourth-order valence-electron chi connectivity index (χ4n) is 1.41. The lowest BCUT2D eigenvalue weighted by molar-refractivity contribution is 0.278. The zero-order valence-corrected chi connectivity index (χ0v) is 8.05. The van der Waals surface area contributed by atoms with E-state index in [4.69, 9.17) is 0 Å². The van der Waals surface area contributed by atoms with Crippen LogP contribution in [-0.4, -0.2) is 18.0 Å². The van der Waals surface area contributed by atoms with E-state index in [2.05, 4.69) is 34.4 Å². The monoisotopic (exact) mass is 144 g/mol. The molecule has 0 aliphatic carbocycles. The van der Waals surface area contributed by atoms with Gasteiger partial charge in [-0.1, -0.05) is 27.7 Å². The highest BCUT2D eigenvalue weighted by Gasteiger charge is 2.50. The second kappa shape index (κ2) is 1.72. The van der Waals surface area contributed by atoms with Crippen LogP contribution < -0.4 is 0 Å². The third kappa shape index (κ3) is 0.835. The Kier molecular flexibility index (Phi) is 1.44. The van der Waals surface area contributed by atoms with Gasteiger partial charge in [-0.15, -0.1) is 7.92 Å². The van der Waals surface area contributed by atoms with E-state index in [1.165, 1.54) is 6.16 Å². The topological polar surface area (TPSA) is 0 Å². The zero-order valence-electron chi connectivity index (χ0n) is 7.15. The highest BCUT2D eigenvalue weighted by atomic mass is 31.1. The summed E-state index contributed by atoms with van der Waals surface area (Å²) in [7, 11) is 0.351. The molecule has 0 nitrogen and oxygen atoms in total. The van der Waals surface area contributed by atoms with Crippen LogP contribution in [0.3, 0.4) is 0 Å². The van der Waals surface area contributed by atoms with Gasteiger partial charge in [0.2, 0.25) is 0 Å². The van der Waals surface area contributed by atoms with Crippen molar-refractivity contribution in [2.45, 2.75) is 32.9 Å². The van der Waals surface area contributed by atoms with E-state index in [9.17, 15) is 0 Å². The van der Waals surface area contributed by atoms with Crippen LogP contribution in [0.5, 0.6) is 0 Å². The molecule has 0 amide bonds. The zero-order chi connectivity index (χ0) is 7.28. The molecule has 0 aromatic rings. The van der Waals surface area contributed by atoms with Gasteiger partial charge in [-0.2, -0.15) is 0 Å². The van der Waals surface area contributed by atoms with Crippen LogP contribution >= 0.6 is 7.92 Å². The molecule has 0 spiro atoms. The molecule has 9 heavy (non-hydrogen) atoms. The molecule has 1 fully saturated rings. The molecule has 1 atom stereocenters. The summed E-state index contributed by atoms with van der Waals surface area (Å²) in [5.41, 5.74) is 0.619. The van der Waals surface area contributed by atoms with Crippen LogP contribution in [0.2, 0.25) is 0 Å². The second-order valence-electron chi connectivity index (χ2n) is 4.30. The van der Waals surface area contributed by atoms with E-state index in [0.717, 1.165) is 0 Å². The molecular formula is C8H17P. The van der Waals surface area contributed by atoms with Gasteiger partial charge in [0.05, 0.1) is 0 Å². The molecule has 0 aromatic heterocycles. The first-order chi connectivity index (χ1) is 3.88. The van der Waals surface area contributed by atoms with Crippen LogP contribution in [0.1, 0.15) is 27.7 Å². The predicted octanol–water partition coefficient (Wildman–Crippen LogP) is 2.92. The van der Waals surface area contributed by atoms with Gasteiger partial charge < -0.3 is 0 Å². The lowest BCUT2D eigenvalue weighted by Gasteiger charge is -2.58. The molecule has 1 rings (SSSR count). The van der Waals surface area contributed by atoms with Crippen molar-refractivity contribution in [2.24, 2.45) is 5.41 Å². The van der Waals surface area contributed by atoms with Crippen molar-refractivity contribution in [2.75, 3.05) is 12.8 Å². The van der Waals surface area contributed by atoms with Crippen LogP contribution in [0.4, 0.5) is 0 Å². The number of hydrogen-bond donors (Lipinski definition) is 0. The average molecular weight is 144 g/mol. The van der Waals surface area contributed by atoms with Gasteiger partial charge in [0, 0.05) is 0 Å². The van der Waals surface area contributed by atoms with Crippen molar-refractivity contribution in [1.29, 1.82) is 0 Å². The summed E-state index contributed by atoms with van der Waals surface area (Å²) < 4.78 is 0. The molecule has 1 saturated heterocycles. The minimum absolute atomic E-state index is 0.351. The molecule has 1 aliphatic heterocycles. The van der Waals surface area contributed by atoms with Crippen molar-refractivity contribution >= 4 is 7.92 Å². The van der Waals surface area contributed by atoms with E-state index in [-0.39, 0.29) is 0 Å². The van der Waals surface area contributed by atoms with E-state index in [1.807, 2.05) is 0 Å². The van der Waals surface area contributed by atoms with E-state index in [1.54, 1.807) is 0 Å². The molecule has 0 saturated carbocycles. The highest BCUT2D eigenvalue weighted by Crippen LogP contribution is 2.68. The Hall–Kier alpha value is 0.430. The summed E-state index contributed by atoms with van der Waals surface area (Å²) in [6, 6.07) is 0. The first-order valence-corrected chi connectivity index (χ1v) is 5.56. The van der Waals surface area contributed by atoms with Crippen molar-refractivity contribution in [3.63, 3.8) is 0 Å². The Morgan fingerprint density at radius 2 is 1.56 bits per heavy atom. The average Bonchev–Trinajstić information content (AvgIpc) is 1.65. The van der Waals surface area contributed by atoms with E-state index >= 15 is 0 Å². The summed E-state index contributed by atoms with van der Waals surface area (Å²) in [5.74, 6) is 0. The first kappa shape index (κ1) is 7.54. The molecular weight excluding hydrogens is 127 g/mol. The maximum absolute atomic E-state index is 2.42. The summed E-state index contributed by atoms with van der Waals surface area (Å²) in [6.07, 6.45) is 1.47. The minimum Gasteiger partial charge on any atom is -0.103 e. The summed E-state index contributed by atoms with van der Waals surface area (Å²) in [4.78, 5) is 0. The van der Waals surface area contributed by atoms with Crippen molar-refractivity contribution in [3.8, 4) is 0 Å². The molecule has 0 bridgehead atoms. The first-order valence-electron chi connectivity index (χ1n) is 3.59. The van der Waals surface area contributed by atoms with Crippen molar-refractivity contribution < 1.29 is 0 Å². The molecule has 0 N–H and O–H groups in total. The number of rotatable bonds is 0. The Bertz CT molecular complexity index is 125. The van der Waals surface area contributed by atoms with Gasteiger partial charge in [-0.25, -0.2) is 0 Å². The molecule has 1 unspecified atom stereocenters. The maximum Gasteiger partial charge on any atom is -0.00988 e. The van der Waals surface area contributed by atoms with Crippen molar-refractivity contribution in [3.05, 3.63) is 0 Å². The van der Waals surface area contributed by atoms with Gasteiger partial charge in [0.1, 0.15) is 0 Å². The number of hydrogen-bond acceptors (Lipinski definition) is 0. The Balaban J connectivity index is 2.70. The maximum atomic E-state index is 2.42. The molecule has 0 aromatic carbocycles. The fraction of sp³-hybridized carbons (Fsp3) is 1.00. The molecule has 1 aliphatic rings. The van der Waals surface area contributed by atoms with Gasteiger partial charge in [-0.05, 0) is 23.4 Å². The predicted molar refractivity (Wildman–Crippen MR) is 45.6 cm³/mol. The van der Waals surface area contributed by atoms with Gasteiger partial charge >= 0.3 is 0 Å². The van der Waals surface area contributed by atoms with E-state index in [0.29, 0.717) is 18.5 Å². The van der Waals surface area contributed by atoms with Gasteiger partial charge in [0.15, 0.2) is 0 Å². The molecule has 54 valence electrons. The quantitative estimate of drug-likeness (QED) is 0.458. The standard InChI is InChI=1S/C8H17P/c1-7(2)6-9(5)8(7,3)4/h6H2,1-5H3. The lowest BCUT2D eigenvalue weighted by Crippen LogP contribution is -2.49. The van der Waals surface area contributed by atoms with E-state index < -0.39 is 0 Å². The Labute approximate surface area is 59.8 Å². The molecule has 1 heterocycles. The summed E-state index contributed by atoms with van der Waals surface area (Å²) in [6.45, 7) is 12.0. The van der Waals surface area contributed by atoms with Crippen LogP contribution in [0, 0.1) is 5.41 Å².